The number of hydrogen-bond donors (Lipinski definition) is 1. The van der Waals surface area contributed by atoms with Gasteiger partial charge >= 0.3 is 0 Å². The van der Waals surface area contributed by atoms with Crippen LogP contribution < -0.4 is 5.73 Å². The highest BCUT2D eigenvalue weighted by molar-refractivity contribution is 5.77. The summed E-state index contributed by atoms with van der Waals surface area (Å²) in [7, 11) is 2.02. The summed E-state index contributed by atoms with van der Waals surface area (Å²) in [6.07, 6.45) is 4.27. The molecule has 0 spiro atoms. The van der Waals surface area contributed by atoms with E-state index >= 15 is 0 Å². The van der Waals surface area contributed by atoms with E-state index < -0.39 is 0 Å². The van der Waals surface area contributed by atoms with Gasteiger partial charge in [0, 0.05) is 25.5 Å². The molecule has 1 aromatic carbocycles. The minimum atomic E-state index is 0.576. The largest absolute Gasteiger partial charge is 0.351 e. The average molecular weight is 226 g/mol. The zero-order chi connectivity index (χ0) is 12.4. The van der Waals surface area contributed by atoms with Crippen molar-refractivity contribution in [3.63, 3.8) is 0 Å². The highest BCUT2D eigenvalue weighted by atomic mass is 15.1. The SMILES string of the molecule is C=C1C(C)=CC(c2cccc(CN)c2)=CN1C. The maximum absolute atomic E-state index is 5.67. The van der Waals surface area contributed by atoms with Crippen LogP contribution in [-0.4, -0.2) is 11.9 Å². The van der Waals surface area contributed by atoms with E-state index in [-0.39, 0.29) is 0 Å². The fourth-order valence-electron chi connectivity index (χ4n) is 1.95. The van der Waals surface area contributed by atoms with Crippen molar-refractivity contribution in [3.05, 3.63) is 65.5 Å². The minimum absolute atomic E-state index is 0.576. The third kappa shape index (κ3) is 2.32. The van der Waals surface area contributed by atoms with Crippen molar-refractivity contribution in [2.24, 2.45) is 5.73 Å². The molecule has 88 valence electrons. The number of likely N-dealkylation sites (N-methyl/N-ethyl adjacent to an activating group) is 1. The van der Waals surface area contributed by atoms with Gasteiger partial charge < -0.3 is 10.6 Å². The standard InChI is InChI=1S/C15H18N2/c1-11-7-15(10-17(3)12(11)2)14-6-4-5-13(8-14)9-16/h4-8,10H,2,9,16H2,1,3H3. The number of rotatable bonds is 2. The van der Waals surface area contributed by atoms with Gasteiger partial charge in [-0.3, -0.25) is 0 Å². The molecule has 0 aliphatic carbocycles. The Bertz CT molecular complexity index is 509. The van der Waals surface area contributed by atoms with Crippen molar-refractivity contribution in [2.75, 3.05) is 7.05 Å². The second kappa shape index (κ2) is 4.60. The van der Waals surface area contributed by atoms with Crippen LogP contribution in [0.5, 0.6) is 0 Å². The molecule has 1 aromatic rings. The van der Waals surface area contributed by atoms with Gasteiger partial charge in [-0.2, -0.15) is 0 Å². The number of benzene rings is 1. The maximum atomic E-state index is 5.67. The van der Waals surface area contributed by atoms with E-state index in [2.05, 4.69) is 42.8 Å². The molecule has 2 rings (SSSR count). The summed E-state index contributed by atoms with van der Waals surface area (Å²) < 4.78 is 0. The third-order valence-electron chi connectivity index (χ3n) is 3.08. The first-order chi connectivity index (χ1) is 8.11. The van der Waals surface area contributed by atoms with Crippen LogP contribution in [-0.2, 0) is 6.54 Å². The molecule has 0 radical (unpaired) electrons. The highest BCUT2D eigenvalue weighted by Gasteiger charge is 2.11. The second-order valence-electron chi connectivity index (χ2n) is 4.37. The lowest BCUT2D eigenvalue weighted by atomic mass is 9.98. The summed E-state index contributed by atoms with van der Waals surface area (Å²) in [6, 6.07) is 8.34. The summed E-state index contributed by atoms with van der Waals surface area (Å²) in [5.41, 5.74) is 11.5. The molecule has 2 nitrogen and oxygen atoms in total. The van der Waals surface area contributed by atoms with E-state index in [1.165, 1.54) is 16.7 Å². The fourth-order valence-corrected chi connectivity index (χ4v) is 1.95. The first-order valence-corrected chi connectivity index (χ1v) is 5.73. The van der Waals surface area contributed by atoms with Gasteiger partial charge in [-0.25, -0.2) is 0 Å². The van der Waals surface area contributed by atoms with Gasteiger partial charge in [0.15, 0.2) is 0 Å². The maximum Gasteiger partial charge on any atom is 0.0360 e. The van der Waals surface area contributed by atoms with Gasteiger partial charge in [-0.05, 0) is 41.3 Å². The summed E-state index contributed by atoms with van der Waals surface area (Å²) in [4.78, 5) is 2.06. The minimum Gasteiger partial charge on any atom is -0.351 e. The number of nitrogens with zero attached hydrogens (tertiary/aromatic N) is 1. The molecule has 0 bridgehead atoms. The topological polar surface area (TPSA) is 29.3 Å². The lowest BCUT2D eigenvalue weighted by molar-refractivity contribution is 0.579. The average Bonchev–Trinajstić information content (AvgIpc) is 2.35. The summed E-state index contributed by atoms with van der Waals surface area (Å²) in [5.74, 6) is 0. The van der Waals surface area contributed by atoms with Crippen molar-refractivity contribution in [3.8, 4) is 0 Å². The molecule has 2 N–H and O–H groups in total. The van der Waals surface area contributed by atoms with Crippen LogP contribution in [0.25, 0.3) is 5.57 Å². The van der Waals surface area contributed by atoms with E-state index in [9.17, 15) is 0 Å². The van der Waals surface area contributed by atoms with Crippen molar-refractivity contribution >= 4 is 5.57 Å². The van der Waals surface area contributed by atoms with Crippen LogP contribution in [0, 0.1) is 0 Å². The summed E-state index contributed by atoms with van der Waals surface area (Å²) >= 11 is 0. The molecule has 0 fully saturated rings. The number of hydrogen-bond acceptors (Lipinski definition) is 2. The molecule has 1 aliphatic rings. The first kappa shape index (κ1) is 11.7. The van der Waals surface area contributed by atoms with Gasteiger partial charge in [-0.15, -0.1) is 0 Å². The zero-order valence-electron chi connectivity index (χ0n) is 10.4. The van der Waals surface area contributed by atoms with Crippen molar-refractivity contribution < 1.29 is 0 Å². The molecule has 2 heteroatoms. The Morgan fingerprint density at radius 3 is 2.76 bits per heavy atom. The van der Waals surface area contributed by atoms with Crippen LogP contribution >= 0.6 is 0 Å². The van der Waals surface area contributed by atoms with Crippen molar-refractivity contribution in [1.29, 1.82) is 0 Å². The smallest absolute Gasteiger partial charge is 0.0360 e. The fraction of sp³-hybridized carbons (Fsp3) is 0.200. The van der Waals surface area contributed by atoms with E-state index in [1.807, 2.05) is 19.2 Å². The summed E-state index contributed by atoms with van der Waals surface area (Å²) in [5, 5.41) is 0. The van der Waals surface area contributed by atoms with Gasteiger partial charge in [0.1, 0.15) is 0 Å². The molecule has 0 aromatic heterocycles. The van der Waals surface area contributed by atoms with Crippen LogP contribution in [0.3, 0.4) is 0 Å². The van der Waals surface area contributed by atoms with Gasteiger partial charge in [0.25, 0.3) is 0 Å². The van der Waals surface area contributed by atoms with E-state index in [0.29, 0.717) is 6.54 Å². The highest BCUT2D eigenvalue weighted by Crippen LogP contribution is 2.27. The Kier molecular flexibility index (Phi) is 3.16. The third-order valence-corrected chi connectivity index (χ3v) is 3.08. The van der Waals surface area contributed by atoms with E-state index in [0.717, 1.165) is 11.3 Å². The Labute approximate surface area is 103 Å². The Balaban J connectivity index is 2.40. The van der Waals surface area contributed by atoms with Crippen LogP contribution in [0.1, 0.15) is 18.1 Å². The molecule has 0 saturated heterocycles. The predicted octanol–water partition coefficient (Wildman–Crippen LogP) is 2.89. The molecule has 0 amide bonds. The lowest BCUT2D eigenvalue weighted by Gasteiger charge is -2.24. The Morgan fingerprint density at radius 1 is 1.35 bits per heavy atom. The molecule has 0 saturated carbocycles. The first-order valence-electron chi connectivity index (χ1n) is 5.73. The van der Waals surface area contributed by atoms with Crippen molar-refractivity contribution in [2.45, 2.75) is 13.5 Å². The molecular weight excluding hydrogens is 208 g/mol. The van der Waals surface area contributed by atoms with Gasteiger partial charge in [0.2, 0.25) is 0 Å². The van der Waals surface area contributed by atoms with Crippen LogP contribution in [0.2, 0.25) is 0 Å². The zero-order valence-corrected chi connectivity index (χ0v) is 10.4. The van der Waals surface area contributed by atoms with Gasteiger partial charge in [0.05, 0.1) is 0 Å². The van der Waals surface area contributed by atoms with E-state index in [4.69, 9.17) is 5.73 Å². The predicted molar refractivity (Wildman–Crippen MR) is 73.0 cm³/mol. The molecule has 1 heterocycles. The normalized spacial score (nSPS) is 15.7. The quantitative estimate of drug-likeness (QED) is 0.840. The van der Waals surface area contributed by atoms with Crippen molar-refractivity contribution in [1.82, 2.24) is 4.90 Å². The van der Waals surface area contributed by atoms with Crippen LogP contribution in [0.4, 0.5) is 0 Å². The second-order valence-corrected chi connectivity index (χ2v) is 4.37. The monoisotopic (exact) mass is 226 g/mol. The molecule has 0 atom stereocenters. The number of nitrogens with two attached hydrogens (primary N) is 1. The molecule has 17 heavy (non-hydrogen) atoms. The van der Waals surface area contributed by atoms with Gasteiger partial charge in [-0.1, -0.05) is 24.8 Å². The number of allylic oxidation sites excluding steroid dienone is 3. The van der Waals surface area contributed by atoms with E-state index in [1.54, 1.807) is 0 Å². The Hall–Kier alpha value is -1.80. The lowest BCUT2D eigenvalue weighted by Crippen LogP contribution is -2.14. The molecule has 0 unspecified atom stereocenters. The van der Waals surface area contributed by atoms with Crippen LogP contribution in [0.15, 0.2) is 54.4 Å². The molecular formula is C15H18N2. The Morgan fingerprint density at radius 2 is 2.12 bits per heavy atom. The summed E-state index contributed by atoms with van der Waals surface area (Å²) in [6.45, 7) is 6.69. The molecule has 1 aliphatic heterocycles.